The van der Waals surface area contributed by atoms with E-state index in [1.54, 1.807) is 0 Å². The van der Waals surface area contributed by atoms with E-state index in [1.807, 2.05) is 30.3 Å². The summed E-state index contributed by atoms with van der Waals surface area (Å²) in [6.45, 7) is 0.712. The Kier molecular flexibility index (Phi) is 3.25. The molecule has 0 saturated heterocycles. The van der Waals surface area contributed by atoms with Gasteiger partial charge < -0.3 is 10.3 Å². The smallest absolute Gasteiger partial charge is 0.0494 e. The van der Waals surface area contributed by atoms with E-state index in [0.717, 1.165) is 20.7 Å². The van der Waals surface area contributed by atoms with Crippen molar-refractivity contribution in [3.05, 3.63) is 63.7 Å². The van der Waals surface area contributed by atoms with Crippen molar-refractivity contribution in [2.24, 2.45) is 0 Å². The van der Waals surface area contributed by atoms with Gasteiger partial charge in [0.15, 0.2) is 0 Å². The van der Waals surface area contributed by atoms with Crippen LogP contribution in [0.2, 0.25) is 5.02 Å². The molecule has 0 aliphatic carbocycles. The number of halogens is 2. The molecule has 96 valence electrons. The molecule has 0 amide bonds. The monoisotopic (exact) mass is 334 g/mol. The van der Waals surface area contributed by atoms with Gasteiger partial charge in [0, 0.05) is 38.8 Å². The van der Waals surface area contributed by atoms with Crippen molar-refractivity contribution in [3.63, 3.8) is 0 Å². The van der Waals surface area contributed by atoms with Gasteiger partial charge in [0.1, 0.15) is 0 Å². The zero-order chi connectivity index (χ0) is 13.4. The third kappa shape index (κ3) is 2.36. The minimum Gasteiger partial charge on any atom is -0.399 e. The van der Waals surface area contributed by atoms with Gasteiger partial charge in [-0.2, -0.15) is 0 Å². The SMILES string of the molecule is Nc1ccc(Cl)c(Cn2ccc3c(Br)cccc32)c1. The molecule has 0 radical (unpaired) electrons. The second-order valence-electron chi connectivity index (χ2n) is 4.47. The first-order valence-corrected chi connectivity index (χ1v) is 7.09. The van der Waals surface area contributed by atoms with Crippen LogP contribution in [0.25, 0.3) is 10.9 Å². The summed E-state index contributed by atoms with van der Waals surface area (Å²) < 4.78 is 3.27. The van der Waals surface area contributed by atoms with E-state index in [2.05, 4.69) is 38.8 Å². The van der Waals surface area contributed by atoms with Gasteiger partial charge in [0.05, 0.1) is 0 Å². The third-order valence-electron chi connectivity index (χ3n) is 3.17. The fraction of sp³-hybridized carbons (Fsp3) is 0.0667. The number of hydrogen-bond acceptors (Lipinski definition) is 1. The molecule has 0 saturated carbocycles. The highest BCUT2D eigenvalue weighted by Gasteiger charge is 2.06. The number of aromatic nitrogens is 1. The van der Waals surface area contributed by atoms with E-state index in [-0.39, 0.29) is 0 Å². The zero-order valence-electron chi connectivity index (χ0n) is 10.1. The highest BCUT2D eigenvalue weighted by molar-refractivity contribution is 9.10. The van der Waals surface area contributed by atoms with Crippen molar-refractivity contribution in [1.82, 2.24) is 4.57 Å². The van der Waals surface area contributed by atoms with Crippen LogP contribution in [-0.4, -0.2) is 4.57 Å². The number of hydrogen-bond donors (Lipinski definition) is 1. The topological polar surface area (TPSA) is 30.9 Å². The molecule has 0 aliphatic rings. The van der Waals surface area contributed by atoms with Crippen LogP contribution in [0, 0.1) is 0 Å². The molecule has 19 heavy (non-hydrogen) atoms. The summed E-state index contributed by atoms with van der Waals surface area (Å²) in [6, 6.07) is 13.8. The lowest BCUT2D eigenvalue weighted by molar-refractivity contribution is 0.837. The van der Waals surface area contributed by atoms with Gasteiger partial charge in [-0.15, -0.1) is 0 Å². The summed E-state index contributed by atoms with van der Waals surface area (Å²) in [4.78, 5) is 0. The molecule has 2 N–H and O–H groups in total. The first-order chi connectivity index (χ1) is 9.15. The fourth-order valence-corrected chi connectivity index (χ4v) is 2.89. The Labute approximate surface area is 124 Å². The lowest BCUT2D eigenvalue weighted by Gasteiger charge is -2.09. The van der Waals surface area contributed by atoms with E-state index >= 15 is 0 Å². The van der Waals surface area contributed by atoms with Crippen molar-refractivity contribution in [3.8, 4) is 0 Å². The molecule has 0 aliphatic heterocycles. The zero-order valence-corrected chi connectivity index (χ0v) is 12.4. The maximum Gasteiger partial charge on any atom is 0.0494 e. The van der Waals surface area contributed by atoms with Crippen LogP contribution in [0.5, 0.6) is 0 Å². The van der Waals surface area contributed by atoms with Crippen molar-refractivity contribution in [2.45, 2.75) is 6.54 Å². The standard InChI is InChI=1S/C15H12BrClN2/c16-13-2-1-3-15-12(13)6-7-19(15)9-10-8-11(18)4-5-14(10)17/h1-8H,9,18H2. The summed E-state index contributed by atoms with van der Waals surface area (Å²) in [6.07, 6.45) is 2.06. The van der Waals surface area contributed by atoms with Gasteiger partial charge in [-0.3, -0.25) is 0 Å². The van der Waals surface area contributed by atoms with Gasteiger partial charge in [-0.1, -0.05) is 33.6 Å². The lowest BCUT2D eigenvalue weighted by atomic mass is 10.2. The lowest BCUT2D eigenvalue weighted by Crippen LogP contribution is -1.99. The summed E-state index contributed by atoms with van der Waals surface area (Å²) >= 11 is 9.78. The quantitative estimate of drug-likeness (QED) is 0.677. The van der Waals surface area contributed by atoms with Crippen molar-refractivity contribution in [1.29, 1.82) is 0 Å². The molecule has 2 aromatic carbocycles. The van der Waals surface area contributed by atoms with Gasteiger partial charge in [0.25, 0.3) is 0 Å². The molecule has 2 nitrogen and oxygen atoms in total. The third-order valence-corrected chi connectivity index (χ3v) is 4.23. The molecule has 1 aromatic heterocycles. The van der Waals surface area contributed by atoms with E-state index in [0.29, 0.717) is 6.54 Å². The number of benzene rings is 2. The normalized spacial score (nSPS) is 11.1. The van der Waals surface area contributed by atoms with Crippen LogP contribution in [0.15, 0.2) is 53.1 Å². The molecule has 0 unspecified atom stereocenters. The Balaban J connectivity index is 2.06. The molecule has 0 bridgehead atoms. The maximum absolute atomic E-state index is 6.22. The Bertz CT molecular complexity index is 749. The second-order valence-corrected chi connectivity index (χ2v) is 5.73. The molecule has 4 heteroatoms. The molecular weight excluding hydrogens is 324 g/mol. The molecule has 0 atom stereocenters. The number of anilines is 1. The first kappa shape index (κ1) is 12.6. The number of nitrogens with zero attached hydrogens (tertiary/aromatic N) is 1. The Morgan fingerprint density at radius 2 is 2.00 bits per heavy atom. The predicted octanol–water partition coefficient (Wildman–Crippen LogP) is 4.69. The van der Waals surface area contributed by atoms with E-state index < -0.39 is 0 Å². The average molecular weight is 336 g/mol. The molecule has 1 heterocycles. The number of rotatable bonds is 2. The van der Waals surface area contributed by atoms with Gasteiger partial charge in [-0.25, -0.2) is 0 Å². The Morgan fingerprint density at radius 1 is 1.16 bits per heavy atom. The largest absolute Gasteiger partial charge is 0.399 e. The van der Waals surface area contributed by atoms with Crippen molar-refractivity contribution >= 4 is 44.1 Å². The van der Waals surface area contributed by atoms with Crippen LogP contribution in [0.4, 0.5) is 5.69 Å². The molecule has 3 aromatic rings. The molecule has 0 fully saturated rings. The van der Waals surface area contributed by atoms with E-state index in [4.69, 9.17) is 17.3 Å². The minimum absolute atomic E-state index is 0.712. The molecule has 3 rings (SSSR count). The maximum atomic E-state index is 6.22. The summed E-state index contributed by atoms with van der Waals surface area (Å²) in [5.41, 5.74) is 8.75. The second kappa shape index (κ2) is 4.91. The minimum atomic E-state index is 0.712. The van der Waals surface area contributed by atoms with Gasteiger partial charge >= 0.3 is 0 Å². The summed E-state index contributed by atoms with van der Waals surface area (Å²) in [5.74, 6) is 0. The summed E-state index contributed by atoms with van der Waals surface area (Å²) in [5, 5.41) is 1.94. The van der Waals surface area contributed by atoms with Crippen LogP contribution in [0.1, 0.15) is 5.56 Å². The Hall–Kier alpha value is -1.45. The highest BCUT2D eigenvalue weighted by Crippen LogP contribution is 2.27. The Morgan fingerprint density at radius 3 is 2.84 bits per heavy atom. The highest BCUT2D eigenvalue weighted by atomic mass is 79.9. The molecule has 0 spiro atoms. The number of fused-ring (bicyclic) bond motifs is 1. The van der Waals surface area contributed by atoms with Crippen molar-refractivity contribution in [2.75, 3.05) is 5.73 Å². The van der Waals surface area contributed by atoms with Gasteiger partial charge in [0.2, 0.25) is 0 Å². The van der Waals surface area contributed by atoms with Crippen LogP contribution in [0.3, 0.4) is 0 Å². The van der Waals surface area contributed by atoms with E-state index in [1.165, 1.54) is 10.9 Å². The fourth-order valence-electron chi connectivity index (χ4n) is 2.22. The first-order valence-electron chi connectivity index (χ1n) is 5.92. The average Bonchev–Trinajstić information content (AvgIpc) is 2.79. The van der Waals surface area contributed by atoms with Crippen LogP contribution >= 0.6 is 27.5 Å². The van der Waals surface area contributed by atoms with Crippen molar-refractivity contribution < 1.29 is 0 Å². The number of nitrogen functional groups attached to an aromatic ring is 1. The predicted molar refractivity (Wildman–Crippen MR) is 84.6 cm³/mol. The van der Waals surface area contributed by atoms with E-state index in [9.17, 15) is 0 Å². The van der Waals surface area contributed by atoms with Crippen LogP contribution < -0.4 is 5.73 Å². The number of nitrogens with two attached hydrogens (primary N) is 1. The summed E-state index contributed by atoms with van der Waals surface area (Å²) in [7, 11) is 0. The molecular formula is C15H12BrClN2. The van der Waals surface area contributed by atoms with Crippen LogP contribution in [-0.2, 0) is 6.54 Å². The van der Waals surface area contributed by atoms with Gasteiger partial charge in [-0.05, 0) is 42.0 Å².